The van der Waals surface area contributed by atoms with Gasteiger partial charge in [-0.2, -0.15) is 0 Å². The normalized spacial score (nSPS) is 10.5. The lowest BCUT2D eigenvalue weighted by Crippen LogP contribution is -1.90. The first-order valence-electron chi connectivity index (χ1n) is 4.75. The van der Waals surface area contributed by atoms with Gasteiger partial charge >= 0.3 is 0 Å². The summed E-state index contributed by atoms with van der Waals surface area (Å²) in [5.41, 5.74) is -0.0849. The quantitative estimate of drug-likeness (QED) is 0.657. The van der Waals surface area contributed by atoms with E-state index in [2.05, 4.69) is 0 Å². The summed E-state index contributed by atoms with van der Waals surface area (Å²) in [6.45, 7) is -0.280. The lowest BCUT2D eigenvalue weighted by molar-refractivity contribution is -0.385. The maximum absolute atomic E-state index is 13.2. The molecule has 0 saturated heterocycles. The first kappa shape index (κ1) is 11.3. The monoisotopic (exact) mass is 237 g/mol. The Morgan fingerprint density at radius 2 is 2.12 bits per heavy atom. The lowest BCUT2D eigenvalue weighted by Gasteiger charge is -1.98. The van der Waals surface area contributed by atoms with Gasteiger partial charge in [0.1, 0.15) is 23.9 Å². The molecule has 0 aliphatic carbocycles. The van der Waals surface area contributed by atoms with E-state index in [4.69, 9.17) is 9.52 Å². The van der Waals surface area contributed by atoms with Crippen LogP contribution in [-0.4, -0.2) is 10.0 Å². The molecule has 0 unspecified atom stereocenters. The summed E-state index contributed by atoms with van der Waals surface area (Å²) < 4.78 is 18.3. The molecule has 2 aromatic rings. The molecule has 6 heteroatoms. The molecule has 0 bridgehead atoms. The van der Waals surface area contributed by atoms with Crippen molar-refractivity contribution in [2.75, 3.05) is 0 Å². The highest BCUT2D eigenvalue weighted by molar-refractivity contribution is 5.61. The highest BCUT2D eigenvalue weighted by atomic mass is 19.1. The molecule has 5 nitrogen and oxygen atoms in total. The SMILES string of the molecule is O=[N+]([O-])c1cc(F)cc(-c2ccc(CO)o2)c1. The number of nitro groups is 1. The molecular weight excluding hydrogens is 229 g/mol. The second kappa shape index (κ2) is 4.34. The van der Waals surface area contributed by atoms with E-state index in [1.54, 1.807) is 0 Å². The van der Waals surface area contributed by atoms with Gasteiger partial charge in [-0.3, -0.25) is 10.1 Å². The molecule has 0 saturated carbocycles. The minimum Gasteiger partial charge on any atom is -0.459 e. The number of furan rings is 1. The molecule has 0 aliphatic rings. The molecule has 0 spiro atoms. The molecule has 0 atom stereocenters. The number of aliphatic hydroxyl groups is 1. The average molecular weight is 237 g/mol. The summed E-state index contributed by atoms with van der Waals surface area (Å²) in [6, 6.07) is 6.21. The van der Waals surface area contributed by atoms with Crippen molar-refractivity contribution in [3.63, 3.8) is 0 Å². The van der Waals surface area contributed by atoms with Crippen molar-refractivity contribution in [2.45, 2.75) is 6.61 Å². The van der Waals surface area contributed by atoms with E-state index >= 15 is 0 Å². The molecule has 0 radical (unpaired) electrons. The summed E-state index contributed by atoms with van der Waals surface area (Å²) in [4.78, 5) is 9.89. The Bertz CT molecular complexity index is 564. The lowest BCUT2D eigenvalue weighted by atomic mass is 10.1. The third-order valence-corrected chi connectivity index (χ3v) is 2.20. The van der Waals surface area contributed by atoms with Crippen molar-refractivity contribution in [1.29, 1.82) is 0 Å². The van der Waals surface area contributed by atoms with Crippen LogP contribution in [0, 0.1) is 15.9 Å². The Morgan fingerprint density at radius 3 is 2.71 bits per heavy atom. The highest BCUT2D eigenvalue weighted by Crippen LogP contribution is 2.27. The van der Waals surface area contributed by atoms with Crippen LogP contribution >= 0.6 is 0 Å². The van der Waals surface area contributed by atoms with E-state index in [0.717, 1.165) is 12.1 Å². The van der Waals surface area contributed by atoms with Crippen molar-refractivity contribution in [1.82, 2.24) is 0 Å². The van der Waals surface area contributed by atoms with Crippen LogP contribution in [0.3, 0.4) is 0 Å². The van der Waals surface area contributed by atoms with Crippen LogP contribution in [0.5, 0.6) is 0 Å². The van der Waals surface area contributed by atoms with Gasteiger partial charge in [0.05, 0.1) is 11.0 Å². The Hall–Kier alpha value is -2.21. The molecule has 1 heterocycles. The van der Waals surface area contributed by atoms with Gasteiger partial charge in [-0.15, -0.1) is 0 Å². The molecule has 1 N–H and O–H groups in total. The zero-order valence-corrected chi connectivity index (χ0v) is 8.59. The van der Waals surface area contributed by atoms with Crippen LogP contribution < -0.4 is 0 Å². The Kier molecular flexibility index (Phi) is 2.88. The van der Waals surface area contributed by atoms with Crippen LogP contribution in [0.25, 0.3) is 11.3 Å². The molecular formula is C11H8FNO4. The van der Waals surface area contributed by atoms with Gasteiger partial charge in [-0.05, 0) is 18.2 Å². The van der Waals surface area contributed by atoms with Crippen LogP contribution in [0.1, 0.15) is 5.76 Å². The zero-order valence-electron chi connectivity index (χ0n) is 8.59. The average Bonchev–Trinajstić information content (AvgIpc) is 2.76. The van der Waals surface area contributed by atoms with Crippen LogP contribution in [0.4, 0.5) is 10.1 Å². The number of hydrogen-bond donors (Lipinski definition) is 1. The van der Waals surface area contributed by atoms with Gasteiger partial charge < -0.3 is 9.52 Å². The smallest absolute Gasteiger partial charge is 0.273 e. The van der Waals surface area contributed by atoms with E-state index in [0.29, 0.717) is 5.76 Å². The predicted octanol–water partition coefficient (Wildman–Crippen LogP) is 2.49. The van der Waals surface area contributed by atoms with Gasteiger partial charge in [0.25, 0.3) is 5.69 Å². The molecule has 0 aliphatic heterocycles. The molecule has 88 valence electrons. The molecule has 17 heavy (non-hydrogen) atoms. The van der Waals surface area contributed by atoms with E-state index in [-0.39, 0.29) is 23.6 Å². The molecule has 0 fully saturated rings. The van der Waals surface area contributed by atoms with Gasteiger partial charge in [0.2, 0.25) is 0 Å². The Morgan fingerprint density at radius 1 is 1.35 bits per heavy atom. The molecule has 0 amide bonds. The fourth-order valence-electron chi connectivity index (χ4n) is 1.44. The highest BCUT2D eigenvalue weighted by Gasteiger charge is 2.13. The number of aliphatic hydroxyl groups excluding tert-OH is 1. The molecule has 2 rings (SSSR count). The summed E-state index contributed by atoms with van der Waals surface area (Å²) in [6.07, 6.45) is 0. The van der Waals surface area contributed by atoms with Crippen molar-refractivity contribution in [3.8, 4) is 11.3 Å². The van der Waals surface area contributed by atoms with Gasteiger partial charge in [-0.25, -0.2) is 4.39 Å². The van der Waals surface area contributed by atoms with E-state index < -0.39 is 10.7 Å². The number of rotatable bonds is 3. The minimum atomic E-state index is -0.712. The van der Waals surface area contributed by atoms with Crippen LogP contribution in [0.15, 0.2) is 34.7 Å². The largest absolute Gasteiger partial charge is 0.459 e. The van der Waals surface area contributed by atoms with Gasteiger partial charge in [0, 0.05) is 11.6 Å². The van der Waals surface area contributed by atoms with Crippen LogP contribution in [-0.2, 0) is 6.61 Å². The van der Waals surface area contributed by atoms with E-state index in [1.807, 2.05) is 0 Å². The Balaban J connectivity index is 2.47. The minimum absolute atomic E-state index is 0.261. The number of hydrogen-bond acceptors (Lipinski definition) is 4. The fraction of sp³-hybridized carbons (Fsp3) is 0.0909. The predicted molar refractivity (Wildman–Crippen MR) is 56.7 cm³/mol. The van der Waals surface area contributed by atoms with Crippen LogP contribution in [0.2, 0.25) is 0 Å². The number of non-ortho nitro benzene ring substituents is 1. The Labute approximate surface area is 95.3 Å². The summed E-state index contributed by atoms with van der Waals surface area (Å²) in [5.74, 6) is -0.125. The molecule has 1 aromatic heterocycles. The zero-order chi connectivity index (χ0) is 12.4. The topological polar surface area (TPSA) is 76.5 Å². The van der Waals surface area contributed by atoms with E-state index in [9.17, 15) is 14.5 Å². The van der Waals surface area contributed by atoms with E-state index in [1.165, 1.54) is 18.2 Å². The second-order valence-corrected chi connectivity index (χ2v) is 3.38. The number of benzene rings is 1. The van der Waals surface area contributed by atoms with Crippen molar-refractivity contribution in [2.24, 2.45) is 0 Å². The first-order chi connectivity index (χ1) is 8.10. The van der Waals surface area contributed by atoms with Crippen molar-refractivity contribution < 1.29 is 18.8 Å². The summed E-state index contributed by atoms with van der Waals surface area (Å²) in [5, 5.41) is 19.4. The number of nitrogens with zero attached hydrogens (tertiary/aromatic N) is 1. The third kappa shape index (κ3) is 2.31. The van der Waals surface area contributed by atoms with Gasteiger partial charge in [0.15, 0.2) is 0 Å². The number of nitro benzene ring substituents is 1. The maximum atomic E-state index is 13.2. The molecule has 1 aromatic carbocycles. The third-order valence-electron chi connectivity index (χ3n) is 2.20. The van der Waals surface area contributed by atoms with Crippen molar-refractivity contribution >= 4 is 5.69 Å². The fourth-order valence-corrected chi connectivity index (χ4v) is 1.44. The van der Waals surface area contributed by atoms with Crippen molar-refractivity contribution in [3.05, 3.63) is 52.0 Å². The second-order valence-electron chi connectivity index (χ2n) is 3.38. The standard InChI is InChI=1S/C11H8FNO4/c12-8-3-7(4-9(5-8)13(15)16)11-2-1-10(6-14)17-11/h1-5,14H,6H2. The number of halogens is 1. The first-order valence-corrected chi connectivity index (χ1v) is 4.75. The maximum Gasteiger partial charge on any atom is 0.273 e. The summed E-state index contributed by atoms with van der Waals surface area (Å²) in [7, 11) is 0. The summed E-state index contributed by atoms with van der Waals surface area (Å²) >= 11 is 0. The van der Waals surface area contributed by atoms with Gasteiger partial charge in [-0.1, -0.05) is 0 Å².